The maximum absolute atomic E-state index is 11.4. The number of carbonyl (C=O) groups excluding carboxylic acids is 2. The highest BCUT2D eigenvalue weighted by atomic mass is 17.2. The number of phenolic OH excluding ortho intramolecular Hbond substituents is 1. The van der Waals surface area contributed by atoms with Gasteiger partial charge >= 0.3 is 0 Å². The van der Waals surface area contributed by atoms with Crippen molar-refractivity contribution in [2.45, 2.75) is 6.92 Å². The number of allylic oxidation sites excluding steroid dienone is 2. The van der Waals surface area contributed by atoms with Crippen molar-refractivity contribution >= 4 is 11.6 Å². The summed E-state index contributed by atoms with van der Waals surface area (Å²) < 4.78 is 0. The predicted octanol–water partition coefficient (Wildman–Crippen LogP) is 1.83. The van der Waals surface area contributed by atoms with Gasteiger partial charge in [0.05, 0.1) is 19.8 Å². The summed E-state index contributed by atoms with van der Waals surface area (Å²) in [5, 5.41) is 9.52. The van der Waals surface area contributed by atoms with Crippen LogP contribution >= 0.6 is 0 Å². The van der Waals surface area contributed by atoms with E-state index in [1.807, 2.05) is 0 Å². The molecular formula is C13H14O5. The fourth-order valence-electron chi connectivity index (χ4n) is 1.55. The van der Waals surface area contributed by atoms with Crippen LogP contribution in [0.25, 0.3) is 0 Å². The molecule has 1 aliphatic rings. The van der Waals surface area contributed by atoms with Crippen molar-refractivity contribution in [3.63, 3.8) is 0 Å². The molecule has 0 heterocycles. The average Bonchev–Trinajstić information content (AvgIpc) is 2.33. The number of aromatic hydroxyl groups is 1. The fraction of sp³-hybridized carbons (Fsp3) is 0.231. The second-order valence-electron chi connectivity index (χ2n) is 3.60. The zero-order valence-corrected chi connectivity index (χ0v) is 10.4. The van der Waals surface area contributed by atoms with Crippen LogP contribution in [0, 0.1) is 6.92 Å². The number of aryl methyl sites for hydroxylation is 1. The lowest BCUT2D eigenvalue weighted by Gasteiger charge is -2.11. The Labute approximate surface area is 105 Å². The van der Waals surface area contributed by atoms with Crippen molar-refractivity contribution in [3.8, 4) is 5.75 Å². The minimum atomic E-state index is -0.322. The molecule has 0 aliphatic heterocycles. The van der Waals surface area contributed by atoms with Gasteiger partial charge in [-0.2, -0.15) is 0 Å². The van der Waals surface area contributed by atoms with E-state index in [1.54, 1.807) is 13.0 Å². The van der Waals surface area contributed by atoms with Gasteiger partial charge in [0.25, 0.3) is 0 Å². The van der Waals surface area contributed by atoms with Gasteiger partial charge in [-0.3, -0.25) is 9.59 Å². The van der Waals surface area contributed by atoms with Gasteiger partial charge in [0.15, 0.2) is 11.6 Å². The summed E-state index contributed by atoms with van der Waals surface area (Å²) in [6, 6.07) is 3.09. The first-order valence-corrected chi connectivity index (χ1v) is 5.18. The smallest absolute Gasteiger partial charge is 0.190 e. The van der Waals surface area contributed by atoms with Gasteiger partial charge in [-0.1, -0.05) is 0 Å². The largest absolute Gasteiger partial charge is 0.507 e. The van der Waals surface area contributed by atoms with E-state index in [0.29, 0.717) is 0 Å². The first-order chi connectivity index (χ1) is 8.51. The van der Waals surface area contributed by atoms with Crippen LogP contribution in [-0.2, 0) is 9.78 Å². The molecule has 5 nitrogen and oxygen atoms in total. The molecule has 0 fully saturated rings. The molecule has 0 saturated carbocycles. The second kappa shape index (κ2) is 6.09. The highest BCUT2D eigenvalue weighted by Gasteiger charge is 2.22. The van der Waals surface area contributed by atoms with Crippen LogP contribution in [0.2, 0.25) is 0 Å². The first kappa shape index (κ1) is 14.1. The lowest BCUT2D eigenvalue weighted by atomic mass is 9.92. The Hall–Kier alpha value is -1.98. The van der Waals surface area contributed by atoms with Crippen molar-refractivity contribution in [2.75, 3.05) is 14.2 Å². The molecule has 1 aromatic rings. The number of rotatable bonds is 1. The monoisotopic (exact) mass is 250 g/mol. The topological polar surface area (TPSA) is 72.8 Å². The van der Waals surface area contributed by atoms with E-state index in [2.05, 4.69) is 9.78 Å². The second-order valence-corrected chi connectivity index (χ2v) is 3.60. The minimum Gasteiger partial charge on any atom is -0.507 e. The van der Waals surface area contributed by atoms with Crippen LogP contribution in [0.5, 0.6) is 5.75 Å². The Kier molecular flexibility index (Phi) is 4.76. The van der Waals surface area contributed by atoms with E-state index in [4.69, 9.17) is 0 Å². The molecule has 5 heteroatoms. The van der Waals surface area contributed by atoms with Crippen LogP contribution in [0.15, 0.2) is 24.3 Å². The fourth-order valence-corrected chi connectivity index (χ4v) is 1.55. The van der Waals surface area contributed by atoms with Crippen molar-refractivity contribution < 1.29 is 24.5 Å². The summed E-state index contributed by atoms with van der Waals surface area (Å²) in [5.74, 6) is -0.682. The normalized spacial score (nSPS) is 12.8. The zero-order chi connectivity index (χ0) is 13.7. The SMILES string of the molecule is COOC.Cc1cc(O)c2c(c1)C(=O)C=CC2=O. The van der Waals surface area contributed by atoms with Gasteiger partial charge < -0.3 is 5.11 Å². The van der Waals surface area contributed by atoms with E-state index in [1.165, 1.54) is 32.4 Å². The zero-order valence-electron chi connectivity index (χ0n) is 10.4. The van der Waals surface area contributed by atoms with E-state index >= 15 is 0 Å². The van der Waals surface area contributed by atoms with Gasteiger partial charge in [-0.05, 0) is 36.8 Å². The lowest BCUT2D eigenvalue weighted by Crippen LogP contribution is -2.11. The van der Waals surface area contributed by atoms with Crippen LogP contribution < -0.4 is 0 Å². The molecule has 0 radical (unpaired) electrons. The molecule has 0 bridgehead atoms. The number of carbonyl (C=O) groups is 2. The Morgan fingerprint density at radius 1 is 1.00 bits per heavy atom. The van der Waals surface area contributed by atoms with Crippen LogP contribution in [0.1, 0.15) is 26.3 Å². The van der Waals surface area contributed by atoms with Crippen molar-refractivity contribution in [2.24, 2.45) is 0 Å². The molecular weight excluding hydrogens is 236 g/mol. The third-order valence-electron chi connectivity index (χ3n) is 2.33. The lowest BCUT2D eigenvalue weighted by molar-refractivity contribution is -0.248. The standard InChI is InChI=1S/C11H8O3.C2H6O2/c1-6-4-7-8(12)2-3-9(13)11(7)10(14)5-6;1-3-4-2/h2-5,14H,1H3;1-2H3. The van der Waals surface area contributed by atoms with Gasteiger partial charge in [-0.25, -0.2) is 9.78 Å². The molecule has 1 N–H and O–H groups in total. The molecule has 0 aromatic heterocycles. The summed E-state index contributed by atoms with van der Waals surface area (Å²) in [4.78, 5) is 30.8. The van der Waals surface area contributed by atoms with Gasteiger partial charge in [0, 0.05) is 5.56 Å². The number of phenols is 1. The Morgan fingerprint density at radius 3 is 2.11 bits per heavy atom. The minimum absolute atomic E-state index is 0.114. The average molecular weight is 250 g/mol. The van der Waals surface area contributed by atoms with Crippen molar-refractivity contribution in [3.05, 3.63) is 41.0 Å². The molecule has 96 valence electrons. The number of ketones is 2. The summed E-state index contributed by atoms with van der Waals surface area (Å²) in [5.41, 5.74) is 1.16. The quantitative estimate of drug-likeness (QED) is 0.608. The van der Waals surface area contributed by atoms with E-state index in [9.17, 15) is 14.7 Å². The highest BCUT2D eigenvalue weighted by Crippen LogP contribution is 2.27. The van der Waals surface area contributed by atoms with E-state index in [-0.39, 0.29) is 28.4 Å². The molecule has 0 saturated heterocycles. The molecule has 1 aromatic carbocycles. The molecule has 2 rings (SSSR count). The Bertz CT molecular complexity index is 500. The number of hydrogen-bond acceptors (Lipinski definition) is 5. The van der Waals surface area contributed by atoms with Crippen LogP contribution in [0.4, 0.5) is 0 Å². The van der Waals surface area contributed by atoms with Gasteiger partial charge in [-0.15, -0.1) is 0 Å². The highest BCUT2D eigenvalue weighted by molar-refractivity contribution is 6.23. The first-order valence-electron chi connectivity index (χ1n) is 5.18. The van der Waals surface area contributed by atoms with Gasteiger partial charge in [0.2, 0.25) is 0 Å². The maximum Gasteiger partial charge on any atom is 0.190 e. The number of hydrogen-bond donors (Lipinski definition) is 1. The van der Waals surface area contributed by atoms with Crippen LogP contribution in [0.3, 0.4) is 0 Å². The summed E-state index contributed by atoms with van der Waals surface area (Å²) in [6.45, 7) is 1.76. The molecule has 18 heavy (non-hydrogen) atoms. The summed E-state index contributed by atoms with van der Waals surface area (Å²) >= 11 is 0. The van der Waals surface area contributed by atoms with E-state index < -0.39 is 0 Å². The maximum atomic E-state index is 11.4. The van der Waals surface area contributed by atoms with Gasteiger partial charge in [0.1, 0.15) is 5.75 Å². The van der Waals surface area contributed by atoms with E-state index in [0.717, 1.165) is 5.56 Å². The molecule has 0 atom stereocenters. The summed E-state index contributed by atoms with van der Waals surface area (Å²) in [6.07, 6.45) is 2.41. The number of benzene rings is 1. The molecule has 0 amide bonds. The molecule has 1 aliphatic carbocycles. The molecule has 0 unspecified atom stereocenters. The molecule has 0 spiro atoms. The Balaban J connectivity index is 0.000000357. The van der Waals surface area contributed by atoms with Crippen molar-refractivity contribution in [1.82, 2.24) is 0 Å². The third kappa shape index (κ3) is 3.03. The summed E-state index contributed by atoms with van der Waals surface area (Å²) in [7, 11) is 2.92. The third-order valence-corrected chi connectivity index (χ3v) is 2.33. The van der Waals surface area contributed by atoms with Crippen LogP contribution in [-0.4, -0.2) is 30.9 Å². The predicted molar refractivity (Wildman–Crippen MR) is 64.7 cm³/mol. The Morgan fingerprint density at radius 2 is 1.56 bits per heavy atom. The van der Waals surface area contributed by atoms with Crippen molar-refractivity contribution in [1.29, 1.82) is 0 Å². The number of fused-ring (bicyclic) bond motifs is 1.